The van der Waals surface area contributed by atoms with Crippen LogP contribution in [0.1, 0.15) is 16.1 Å². The number of benzene rings is 2. The Morgan fingerprint density at radius 3 is 2.42 bits per heavy atom. The molecule has 0 bridgehead atoms. The van der Waals surface area contributed by atoms with Crippen LogP contribution in [-0.2, 0) is 9.53 Å². The molecule has 33 heavy (non-hydrogen) atoms. The van der Waals surface area contributed by atoms with Gasteiger partial charge in [-0.25, -0.2) is 14.6 Å². The molecule has 0 saturated heterocycles. The Hall–Kier alpha value is -3.82. The van der Waals surface area contributed by atoms with Crippen molar-refractivity contribution in [1.82, 2.24) is 15.2 Å². The van der Waals surface area contributed by atoms with Crippen LogP contribution < -0.4 is 0 Å². The summed E-state index contributed by atoms with van der Waals surface area (Å²) in [5, 5.41) is 17.3. The number of rotatable bonds is 7. The summed E-state index contributed by atoms with van der Waals surface area (Å²) in [5.41, 5.74) is 1.92. The minimum atomic E-state index is -1.14. The van der Waals surface area contributed by atoms with E-state index in [1.807, 2.05) is 0 Å². The van der Waals surface area contributed by atoms with Crippen molar-refractivity contribution in [3.8, 4) is 22.7 Å². The molecule has 166 valence electrons. The lowest BCUT2D eigenvalue weighted by Crippen LogP contribution is -2.00. The summed E-state index contributed by atoms with van der Waals surface area (Å²) in [6, 6.07) is 17.1. The molecule has 0 saturated carbocycles. The second kappa shape index (κ2) is 9.76. The van der Waals surface area contributed by atoms with E-state index in [0.29, 0.717) is 27.9 Å². The van der Waals surface area contributed by atoms with E-state index in [9.17, 15) is 14.7 Å². The summed E-state index contributed by atoms with van der Waals surface area (Å²) in [5.74, 6) is -0.206. The SMILES string of the molecule is COC(=O)c1ccc(-c2ccc(/C=C(\Sc3n[nH]c(-c4ccc(Cl)cc4)n3)C(=O)O)o2)cc1. The van der Waals surface area contributed by atoms with Gasteiger partial charge < -0.3 is 14.3 Å². The van der Waals surface area contributed by atoms with Crippen molar-refractivity contribution in [2.24, 2.45) is 0 Å². The number of aliphatic carboxylic acids is 1. The van der Waals surface area contributed by atoms with Gasteiger partial charge in [0.05, 0.1) is 12.7 Å². The molecule has 0 aliphatic heterocycles. The fourth-order valence-electron chi connectivity index (χ4n) is 2.87. The van der Waals surface area contributed by atoms with Gasteiger partial charge in [-0.1, -0.05) is 23.7 Å². The van der Waals surface area contributed by atoms with Crippen molar-refractivity contribution in [2.45, 2.75) is 5.16 Å². The zero-order valence-corrected chi connectivity index (χ0v) is 18.7. The average Bonchev–Trinajstić information content (AvgIpc) is 3.49. The highest BCUT2D eigenvalue weighted by Gasteiger charge is 2.16. The molecule has 2 N–H and O–H groups in total. The first-order chi connectivity index (χ1) is 15.9. The van der Waals surface area contributed by atoms with Gasteiger partial charge in [0.15, 0.2) is 5.82 Å². The first-order valence-corrected chi connectivity index (χ1v) is 10.7. The Balaban J connectivity index is 1.52. The fraction of sp³-hybridized carbons (Fsp3) is 0.0435. The van der Waals surface area contributed by atoms with E-state index in [0.717, 1.165) is 22.9 Å². The van der Waals surface area contributed by atoms with Crippen molar-refractivity contribution in [3.63, 3.8) is 0 Å². The molecule has 4 rings (SSSR count). The molecule has 2 aromatic carbocycles. The van der Waals surface area contributed by atoms with Crippen LogP contribution >= 0.6 is 23.4 Å². The topological polar surface area (TPSA) is 118 Å². The zero-order valence-electron chi connectivity index (χ0n) is 17.1. The van der Waals surface area contributed by atoms with Crippen molar-refractivity contribution in [1.29, 1.82) is 0 Å². The van der Waals surface area contributed by atoms with Crippen LogP contribution in [-0.4, -0.2) is 39.3 Å². The van der Waals surface area contributed by atoms with Gasteiger partial charge in [0.2, 0.25) is 5.16 Å². The van der Waals surface area contributed by atoms with Crippen molar-refractivity contribution < 1.29 is 23.8 Å². The van der Waals surface area contributed by atoms with Crippen LogP contribution in [0.2, 0.25) is 5.02 Å². The second-order valence-corrected chi connectivity index (χ2v) is 8.11. The number of hydrogen-bond donors (Lipinski definition) is 2. The Kier molecular flexibility index (Phi) is 6.62. The van der Waals surface area contributed by atoms with E-state index in [2.05, 4.69) is 19.9 Å². The van der Waals surface area contributed by atoms with Crippen molar-refractivity contribution in [2.75, 3.05) is 7.11 Å². The molecule has 2 aromatic heterocycles. The summed E-state index contributed by atoms with van der Waals surface area (Å²) in [4.78, 5) is 27.7. The largest absolute Gasteiger partial charge is 0.477 e. The van der Waals surface area contributed by atoms with E-state index < -0.39 is 11.9 Å². The number of esters is 1. The molecule has 0 amide bonds. The van der Waals surface area contributed by atoms with Crippen LogP contribution in [0.15, 0.2) is 75.1 Å². The third-order valence-electron chi connectivity index (χ3n) is 4.49. The van der Waals surface area contributed by atoms with E-state index in [1.54, 1.807) is 60.7 Å². The van der Waals surface area contributed by atoms with Gasteiger partial charge in [-0.2, -0.15) is 0 Å². The number of furan rings is 1. The van der Waals surface area contributed by atoms with E-state index >= 15 is 0 Å². The predicted molar refractivity (Wildman–Crippen MR) is 124 cm³/mol. The standard InChI is InChI=1S/C23H16ClN3O5S/c1-31-22(30)15-4-2-13(3-5-15)18-11-10-17(32-18)12-19(21(28)29)33-23-25-20(26-27-23)14-6-8-16(24)9-7-14/h2-12H,1H3,(H,28,29)(H,25,26,27)/b19-12-. The summed E-state index contributed by atoms with van der Waals surface area (Å²) < 4.78 is 10.5. The number of ether oxygens (including phenoxy) is 1. The van der Waals surface area contributed by atoms with Gasteiger partial charge in [0.25, 0.3) is 0 Å². The molecule has 4 aromatic rings. The number of carboxylic acids is 1. The number of carboxylic acid groups (broad SMARTS) is 1. The molecule has 0 atom stereocenters. The predicted octanol–water partition coefficient (Wildman–Crippen LogP) is 5.39. The number of hydrogen-bond acceptors (Lipinski definition) is 7. The van der Waals surface area contributed by atoms with Crippen LogP contribution in [0.5, 0.6) is 0 Å². The van der Waals surface area contributed by atoms with E-state index in [1.165, 1.54) is 13.2 Å². The quantitative estimate of drug-likeness (QED) is 0.205. The molecule has 10 heteroatoms. The molecule has 0 fully saturated rings. The number of carbonyl (C=O) groups excluding carboxylic acids is 1. The van der Waals surface area contributed by atoms with Crippen LogP contribution in [0.3, 0.4) is 0 Å². The van der Waals surface area contributed by atoms with Crippen LogP contribution in [0.25, 0.3) is 28.8 Å². The molecular weight excluding hydrogens is 466 g/mol. The maximum atomic E-state index is 11.8. The highest BCUT2D eigenvalue weighted by atomic mass is 35.5. The summed E-state index contributed by atoms with van der Waals surface area (Å²) >= 11 is 6.79. The van der Waals surface area contributed by atoms with Gasteiger partial charge >= 0.3 is 11.9 Å². The van der Waals surface area contributed by atoms with Gasteiger partial charge in [-0.05, 0) is 60.3 Å². The average molecular weight is 482 g/mol. The first kappa shape index (κ1) is 22.4. The molecule has 0 unspecified atom stereocenters. The third kappa shape index (κ3) is 5.33. The number of aromatic nitrogens is 3. The lowest BCUT2D eigenvalue weighted by molar-refractivity contribution is -0.131. The Morgan fingerprint density at radius 1 is 1.06 bits per heavy atom. The lowest BCUT2D eigenvalue weighted by Gasteiger charge is -2.01. The van der Waals surface area contributed by atoms with Crippen molar-refractivity contribution in [3.05, 3.63) is 81.9 Å². The summed E-state index contributed by atoms with van der Waals surface area (Å²) in [7, 11) is 1.32. The van der Waals surface area contributed by atoms with Gasteiger partial charge in [0, 0.05) is 22.2 Å². The Bertz CT molecular complexity index is 1330. The maximum Gasteiger partial charge on any atom is 0.342 e. The Morgan fingerprint density at radius 2 is 1.76 bits per heavy atom. The number of halogens is 1. The third-order valence-corrected chi connectivity index (χ3v) is 5.61. The summed E-state index contributed by atoms with van der Waals surface area (Å²) in [6.07, 6.45) is 1.40. The van der Waals surface area contributed by atoms with Crippen molar-refractivity contribution >= 4 is 41.4 Å². The normalized spacial score (nSPS) is 11.4. The smallest absolute Gasteiger partial charge is 0.342 e. The molecule has 0 aliphatic carbocycles. The van der Waals surface area contributed by atoms with E-state index in [4.69, 9.17) is 16.0 Å². The van der Waals surface area contributed by atoms with Gasteiger partial charge in [0.1, 0.15) is 16.4 Å². The number of nitrogens with one attached hydrogen (secondary N) is 1. The Labute approximate surface area is 197 Å². The monoisotopic (exact) mass is 481 g/mol. The highest BCUT2D eigenvalue weighted by molar-refractivity contribution is 8.04. The molecule has 2 heterocycles. The van der Waals surface area contributed by atoms with Gasteiger partial charge in [-0.15, -0.1) is 5.10 Å². The minimum absolute atomic E-state index is 0.0152. The van der Waals surface area contributed by atoms with Gasteiger partial charge in [-0.3, -0.25) is 5.10 Å². The first-order valence-electron chi connectivity index (χ1n) is 9.52. The zero-order chi connectivity index (χ0) is 23.4. The lowest BCUT2D eigenvalue weighted by atomic mass is 10.1. The number of aromatic amines is 1. The number of H-pyrrole nitrogens is 1. The molecule has 0 spiro atoms. The summed E-state index contributed by atoms with van der Waals surface area (Å²) in [6.45, 7) is 0. The minimum Gasteiger partial charge on any atom is -0.477 e. The van der Waals surface area contributed by atoms with Crippen LogP contribution in [0.4, 0.5) is 0 Å². The number of thioether (sulfide) groups is 1. The fourth-order valence-corrected chi connectivity index (χ4v) is 3.68. The molecular formula is C23H16ClN3O5S. The second-order valence-electron chi connectivity index (χ2n) is 6.66. The number of carbonyl (C=O) groups is 2. The molecule has 0 aliphatic rings. The number of methoxy groups -OCH3 is 1. The maximum absolute atomic E-state index is 11.8. The highest BCUT2D eigenvalue weighted by Crippen LogP contribution is 2.30. The molecule has 8 nitrogen and oxygen atoms in total. The molecule has 0 radical (unpaired) electrons. The van der Waals surface area contributed by atoms with E-state index in [-0.39, 0.29) is 10.1 Å². The number of nitrogens with zero attached hydrogens (tertiary/aromatic N) is 2. The van der Waals surface area contributed by atoms with Crippen LogP contribution in [0, 0.1) is 0 Å².